The van der Waals surface area contributed by atoms with E-state index in [0.29, 0.717) is 17.5 Å². The third kappa shape index (κ3) is 6.64. The highest BCUT2D eigenvalue weighted by molar-refractivity contribution is 7.86. The monoisotopic (exact) mass is 850 g/mol. The van der Waals surface area contributed by atoms with Crippen LogP contribution in [0.5, 0.6) is 0 Å². The SMILES string of the molecule is O=P1(c2ccccc2)c2cc(-c3cccc4ccccc34)ccc2N(c2ccc(-c3nc(-c4ccccc4)nc(-c4ccccc4)n3)cc2)c2ccc(-c3cccc4ccccc34)cc21. The van der Waals surface area contributed by atoms with Crippen molar-refractivity contribution in [2.24, 2.45) is 0 Å². The molecule has 1 aromatic heterocycles. The van der Waals surface area contributed by atoms with Gasteiger partial charge in [0.25, 0.3) is 0 Å². The van der Waals surface area contributed by atoms with Gasteiger partial charge in [-0.2, -0.15) is 0 Å². The van der Waals surface area contributed by atoms with Gasteiger partial charge in [-0.05, 0) is 92.3 Å². The fourth-order valence-electron chi connectivity index (χ4n) is 9.37. The highest BCUT2D eigenvalue weighted by atomic mass is 31.2. The molecule has 0 radical (unpaired) electrons. The van der Waals surface area contributed by atoms with E-state index < -0.39 is 7.14 Å². The van der Waals surface area contributed by atoms with Crippen LogP contribution in [0.25, 0.3) is 78.0 Å². The second-order valence-electron chi connectivity index (χ2n) is 16.3. The second kappa shape index (κ2) is 15.8. The van der Waals surface area contributed by atoms with Crippen LogP contribution >= 0.6 is 7.14 Å². The van der Waals surface area contributed by atoms with E-state index in [4.69, 9.17) is 15.0 Å². The molecule has 0 unspecified atom stereocenters. The van der Waals surface area contributed by atoms with Gasteiger partial charge in [-0.15, -0.1) is 0 Å². The quantitative estimate of drug-likeness (QED) is 0.150. The summed E-state index contributed by atoms with van der Waals surface area (Å²) in [4.78, 5) is 17.2. The Morgan fingerprint density at radius 3 is 1.20 bits per heavy atom. The molecule has 6 heteroatoms. The minimum Gasteiger partial charge on any atom is -0.309 e. The Labute approximate surface area is 377 Å². The van der Waals surface area contributed by atoms with Crippen molar-refractivity contribution in [3.05, 3.63) is 237 Å². The van der Waals surface area contributed by atoms with Crippen molar-refractivity contribution in [3.8, 4) is 56.4 Å². The lowest BCUT2D eigenvalue weighted by molar-refractivity contribution is 0.592. The molecule has 1 aliphatic rings. The summed E-state index contributed by atoms with van der Waals surface area (Å²) in [6.07, 6.45) is 0. The molecule has 0 amide bonds. The summed E-state index contributed by atoms with van der Waals surface area (Å²) in [6.45, 7) is 0. The lowest BCUT2D eigenvalue weighted by Gasteiger charge is -2.38. The summed E-state index contributed by atoms with van der Waals surface area (Å²) in [6, 6.07) is 81.2. The fraction of sp³-hybridized carbons (Fsp3) is 0. The molecule has 0 bridgehead atoms. The fourth-order valence-corrected chi connectivity index (χ4v) is 12.4. The van der Waals surface area contributed by atoms with Crippen molar-refractivity contribution in [2.45, 2.75) is 0 Å². The van der Waals surface area contributed by atoms with E-state index in [9.17, 15) is 0 Å². The summed E-state index contributed by atoms with van der Waals surface area (Å²) in [5.41, 5.74) is 9.58. The highest BCUT2D eigenvalue weighted by Gasteiger charge is 2.42. The van der Waals surface area contributed by atoms with Crippen molar-refractivity contribution in [2.75, 3.05) is 4.90 Å². The van der Waals surface area contributed by atoms with Crippen molar-refractivity contribution in [1.82, 2.24) is 15.0 Å². The third-order valence-corrected chi connectivity index (χ3v) is 15.6. The first kappa shape index (κ1) is 38.4. The van der Waals surface area contributed by atoms with Crippen LogP contribution in [0, 0.1) is 0 Å². The van der Waals surface area contributed by atoms with E-state index >= 15 is 4.57 Å². The zero-order chi connectivity index (χ0) is 43.3. The molecule has 0 atom stereocenters. The average Bonchev–Trinajstić information content (AvgIpc) is 3.39. The van der Waals surface area contributed by atoms with Gasteiger partial charge in [-0.25, -0.2) is 15.0 Å². The molecule has 5 nitrogen and oxygen atoms in total. The molecule has 306 valence electrons. The van der Waals surface area contributed by atoms with Crippen LogP contribution in [0.15, 0.2) is 237 Å². The Morgan fingerprint density at radius 2 is 0.723 bits per heavy atom. The first-order chi connectivity index (χ1) is 32.1. The molecule has 0 fully saturated rings. The van der Waals surface area contributed by atoms with Crippen LogP contribution in [0.4, 0.5) is 17.1 Å². The van der Waals surface area contributed by atoms with Gasteiger partial charge in [0, 0.05) is 38.3 Å². The lowest BCUT2D eigenvalue weighted by atomic mass is 9.97. The Bertz CT molecular complexity index is 3430. The largest absolute Gasteiger partial charge is 0.309 e. The van der Waals surface area contributed by atoms with Crippen molar-refractivity contribution in [3.63, 3.8) is 0 Å². The van der Waals surface area contributed by atoms with Crippen LogP contribution in [0.2, 0.25) is 0 Å². The maximum absolute atomic E-state index is 16.8. The molecule has 0 aliphatic carbocycles. The molecule has 12 rings (SSSR count). The van der Waals surface area contributed by atoms with Gasteiger partial charge >= 0.3 is 0 Å². The van der Waals surface area contributed by atoms with Crippen molar-refractivity contribution < 1.29 is 4.57 Å². The summed E-state index contributed by atoms with van der Waals surface area (Å²) >= 11 is 0. The van der Waals surface area contributed by atoms with Crippen molar-refractivity contribution >= 4 is 61.7 Å². The Morgan fingerprint density at radius 1 is 0.338 bits per heavy atom. The van der Waals surface area contributed by atoms with Gasteiger partial charge in [-0.3, -0.25) is 0 Å². The number of fused-ring (bicyclic) bond motifs is 4. The number of nitrogens with zero attached hydrogens (tertiary/aromatic N) is 4. The zero-order valence-electron chi connectivity index (χ0n) is 35.2. The van der Waals surface area contributed by atoms with Gasteiger partial charge in [0.2, 0.25) is 0 Å². The van der Waals surface area contributed by atoms with Gasteiger partial charge in [0.15, 0.2) is 24.6 Å². The van der Waals surface area contributed by atoms with Crippen molar-refractivity contribution in [1.29, 1.82) is 0 Å². The minimum atomic E-state index is -3.51. The van der Waals surface area contributed by atoms with Gasteiger partial charge in [-0.1, -0.05) is 188 Å². The number of hydrogen-bond donors (Lipinski definition) is 0. The summed E-state index contributed by atoms with van der Waals surface area (Å²) in [5.74, 6) is 1.80. The molecule has 0 spiro atoms. The van der Waals surface area contributed by atoms with E-state index in [0.717, 1.165) is 93.5 Å². The molecular weight excluding hydrogens is 812 g/mol. The third-order valence-electron chi connectivity index (χ3n) is 12.5. The topological polar surface area (TPSA) is 59.0 Å². The first-order valence-corrected chi connectivity index (χ1v) is 23.5. The predicted octanol–water partition coefficient (Wildman–Crippen LogP) is 13.9. The normalized spacial score (nSPS) is 12.8. The maximum atomic E-state index is 16.8. The molecular formula is C59H39N4OP. The lowest BCUT2D eigenvalue weighted by Crippen LogP contribution is -2.36. The second-order valence-corrected chi connectivity index (χ2v) is 19.0. The summed E-state index contributed by atoms with van der Waals surface area (Å²) in [7, 11) is -3.51. The number of aromatic nitrogens is 3. The Kier molecular flexibility index (Phi) is 9.36. The highest BCUT2D eigenvalue weighted by Crippen LogP contribution is 2.55. The number of benzene rings is 10. The van der Waals surface area contributed by atoms with Gasteiger partial charge in [0.1, 0.15) is 0 Å². The molecule has 0 saturated carbocycles. The van der Waals surface area contributed by atoms with Crippen LogP contribution in [0.3, 0.4) is 0 Å². The minimum absolute atomic E-state index is 0.580. The molecule has 0 N–H and O–H groups in total. The van der Waals surface area contributed by atoms with E-state index in [1.807, 2.05) is 91.0 Å². The van der Waals surface area contributed by atoms with Gasteiger partial charge in [0.05, 0.1) is 11.4 Å². The first-order valence-electron chi connectivity index (χ1n) is 21.8. The molecule has 10 aromatic carbocycles. The van der Waals surface area contributed by atoms with Crippen LogP contribution < -0.4 is 20.8 Å². The molecule has 1 aliphatic heterocycles. The van der Waals surface area contributed by atoms with E-state index in [1.54, 1.807) is 0 Å². The summed E-state index contributed by atoms with van der Waals surface area (Å²) in [5, 5.41) is 6.99. The molecule has 11 aromatic rings. The number of anilines is 3. The van der Waals surface area contributed by atoms with E-state index in [1.165, 1.54) is 0 Å². The molecule has 2 heterocycles. The number of hydrogen-bond acceptors (Lipinski definition) is 5. The average molecular weight is 851 g/mol. The van der Waals surface area contributed by atoms with E-state index in [2.05, 4.69) is 150 Å². The van der Waals surface area contributed by atoms with E-state index in [-0.39, 0.29) is 0 Å². The Balaban J connectivity index is 1.07. The summed E-state index contributed by atoms with van der Waals surface area (Å²) < 4.78 is 16.8. The molecule has 0 saturated heterocycles. The van der Waals surface area contributed by atoms with Crippen LogP contribution in [0.1, 0.15) is 0 Å². The van der Waals surface area contributed by atoms with Crippen LogP contribution in [-0.4, -0.2) is 15.0 Å². The standard InChI is InChI=1S/C59H39N4OP/c64-65(48-24-8-3-9-25-48)55-38-45(51-28-14-22-40-16-10-12-26-49(40)51)32-36-53(55)63(54-37-33-46(39-56(54)65)52-29-15-23-41-17-11-13-27-50(41)52)47-34-30-44(31-35-47)59-61-57(42-18-4-1-5-19-42)60-58(62-59)43-20-6-2-7-21-43/h1-39H. The predicted molar refractivity (Wildman–Crippen MR) is 270 cm³/mol. The Hall–Kier alpha value is -8.24. The number of rotatable bonds is 7. The molecule has 65 heavy (non-hydrogen) atoms. The van der Waals surface area contributed by atoms with Gasteiger partial charge < -0.3 is 9.46 Å². The maximum Gasteiger partial charge on any atom is 0.175 e. The van der Waals surface area contributed by atoms with Crippen LogP contribution in [-0.2, 0) is 4.57 Å². The smallest absolute Gasteiger partial charge is 0.175 e. The zero-order valence-corrected chi connectivity index (χ0v) is 36.1.